The summed E-state index contributed by atoms with van der Waals surface area (Å²) < 4.78 is 5.17. The van der Waals surface area contributed by atoms with Crippen LogP contribution in [-0.2, 0) is 6.54 Å². The monoisotopic (exact) mass is 288 g/mol. The highest BCUT2D eigenvalue weighted by Crippen LogP contribution is 2.12. The summed E-state index contributed by atoms with van der Waals surface area (Å²) >= 11 is 0. The Morgan fingerprint density at radius 3 is 2.95 bits per heavy atom. The maximum absolute atomic E-state index is 12.4. The number of amides is 1. The van der Waals surface area contributed by atoms with Gasteiger partial charge in [0.15, 0.2) is 11.4 Å². The molecule has 0 aliphatic rings. The van der Waals surface area contributed by atoms with E-state index in [4.69, 9.17) is 14.8 Å². The van der Waals surface area contributed by atoms with Crippen LogP contribution in [0, 0.1) is 11.3 Å². The fourth-order valence-electron chi connectivity index (χ4n) is 1.80. The molecule has 2 aromatic rings. The first kappa shape index (κ1) is 14.3. The SMILES string of the molecule is N#CCCN(Cc1ccco1)C(=O)c1nc[nH]c1C(=O)O. The van der Waals surface area contributed by atoms with Crippen molar-refractivity contribution in [2.24, 2.45) is 0 Å². The van der Waals surface area contributed by atoms with Crippen LogP contribution in [0.4, 0.5) is 0 Å². The van der Waals surface area contributed by atoms with Crippen LogP contribution in [-0.4, -0.2) is 38.4 Å². The molecule has 0 saturated carbocycles. The Morgan fingerprint density at radius 2 is 2.33 bits per heavy atom. The number of aromatic carboxylic acids is 1. The molecular weight excluding hydrogens is 276 g/mol. The van der Waals surface area contributed by atoms with Crippen LogP contribution in [0.2, 0.25) is 0 Å². The molecule has 2 heterocycles. The number of hydrogen-bond acceptors (Lipinski definition) is 5. The van der Waals surface area contributed by atoms with Crippen LogP contribution in [0.5, 0.6) is 0 Å². The first-order valence-corrected chi connectivity index (χ1v) is 6.08. The second kappa shape index (κ2) is 6.38. The molecule has 0 aliphatic carbocycles. The van der Waals surface area contributed by atoms with Crippen LogP contribution in [0.15, 0.2) is 29.1 Å². The number of imidazole rings is 1. The second-order valence-corrected chi connectivity index (χ2v) is 4.15. The Hall–Kier alpha value is -3.08. The van der Waals surface area contributed by atoms with E-state index in [1.807, 2.05) is 6.07 Å². The van der Waals surface area contributed by atoms with E-state index < -0.39 is 11.9 Å². The van der Waals surface area contributed by atoms with Crippen molar-refractivity contribution in [1.82, 2.24) is 14.9 Å². The summed E-state index contributed by atoms with van der Waals surface area (Å²) in [5.74, 6) is -1.30. The minimum Gasteiger partial charge on any atom is -0.477 e. The van der Waals surface area contributed by atoms with Crippen molar-refractivity contribution in [2.75, 3.05) is 6.54 Å². The molecule has 2 N–H and O–H groups in total. The largest absolute Gasteiger partial charge is 0.477 e. The van der Waals surface area contributed by atoms with Gasteiger partial charge in [-0.3, -0.25) is 4.79 Å². The lowest BCUT2D eigenvalue weighted by Gasteiger charge is -2.19. The van der Waals surface area contributed by atoms with Crippen LogP contribution in [0.1, 0.15) is 33.2 Å². The minimum absolute atomic E-state index is 0.124. The number of furan rings is 1. The number of nitriles is 1. The van der Waals surface area contributed by atoms with Gasteiger partial charge in [-0.2, -0.15) is 5.26 Å². The highest BCUT2D eigenvalue weighted by atomic mass is 16.4. The third-order valence-corrected chi connectivity index (χ3v) is 2.76. The fourth-order valence-corrected chi connectivity index (χ4v) is 1.80. The third-order valence-electron chi connectivity index (χ3n) is 2.76. The molecule has 0 aromatic carbocycles. The van der Waals surface area contributed by atoms with E-state index in [2.05, 4.69) is 9.97 Å². The zero-order valence-electron chi connectivity index (χ0n) is 10.9. The van der Waals surface area contributed by atoms with Crippen molar-refractivity contribution in [3.63, 3.8) is 0 Å². The zero-order chi connectivity index (χ0) is 15.2. The average molecular weight is 288 g/mol. The molecule has 0 atom stereocenters. The minimum atomic E-state index is -1.27. The molecule has 0 spiro atoms. The summed E-state index contributed by atoms with van der Waals surface area (Å²) in [6.45, 7) is 0.293. The molecule has 0 saturated heterocycles. The summed E-state index contributed by atoms with van der Waals surface area (Å²) in [6.07, 6.45) is 2.74. The Bertz CT molecular complexity index is 669. The molecule has 2 aromatic heterocycles. The Kier molecular flexibility index (Phi) is 4.36. The fraction of sp³-hybridized carbons (Fsp3) is 0.231. The average Bonchev–Trinajstić information content (AvgIpc) is 3.13. The van der Waals surface area contributed by atoms with Gasteiger partial charge in [0.2, 0.25) is 0 Å². The standard InChI is InChI=1S/C13H12N4O4/c14-4-2-5-17(7-9-3-1-6-21-9)12(18)10-11(13(19)20)16-8-15-10/h1,3,6,8H,2,5,7H2,(H,15,16)(H,19,20). The quantitative estimate of drug-likeness (QED) is 0.824. The molecule has 8 heteroatoms. The van der Waals surface area contributed by atoms with E-state index in [1.165, 1.54) is 11.2 Å². The topological polar surface area (TPSA) is 123 Å². The highest BCUT2D eigenvalue weighted by Gasteiger charge is 2.25. The molecule has 21 heavy (non-hydrogen) atoms. The molecule has 0 bridgehead atoms. The summed E-state index contributed by atoms with van der Waals surface area (Å²) in [6, 6.07) is 5.32. The normalized spacial score (nSPS) is 10.0. The number of hydrogen-bond donors (Lipinski definition) is 2. The van der Waals surface area contributed by atoms with Crippen molar-refractivity contribution >= 4 is 11.9 Å². The van der Waals surface area contributed by atoms with Crippen molar-refractivity contribution in [1.29, 1.82) is 5.26 Å². The van der Waals surface area contributed by atoms with E-state index in [-0.39, 0.29) is 30.9 Å². The van der Waals surface area contributed by atoms with Gasteiger partial charge in [-0.1, -0.05) is 0 Å². The Morgan fingerprint density at radius 1 is 1.52 bits per heavy atom. The van der Waals surface area contributed by atoms with Gasteiger partial charge >= 0.3 is 5.97 Å². The second-order valence-electron chi connectivity index (χ2n) is 4.15. The maximum Gasteiger partial charge on any atom is 0.354 e. The molecule has 0 fully saturated rings. The molecule has 0 aliphatic heterocycles. The van der Waals surface area contributed by atoms with Gasteiger partial charge in [0.05, 0.1) is 31.6 Å². The number of nitrogens with zero attached hydrogens (tertiary/aromatic N) is 3. The zero-order valence-corrected chi connectivity index (χ0v) is 10.9. The summed E-state index contributed by atoms with van der Waals surface area (Å²) in [7, 11) is 0. The molecular formula is C13H12N4O4. The van der Waals surface area contributed by atoms with Crippen LogP contribution in [0.25, 0.3) is 0 Å². The first-order valence-electron chi connectivity index (χ1n) is 6.08. The number of carbonyl (C=O) groups is 2. The Labute approximate surface area is 119 Å². The van der Waals surface area contributed by atoms with Crippen molar-refractivity contribution in [3.05, 3.63) is 41.9 Å². The Balaban J connectivity index is 2.23. The number of carboxylic acid groups (broad SMARTS) is 1. The van der Waals surface area contributed by atoms with Gasteiger partial charge in [-0.05, 0) is 12.1 Å². The molecule has 0 radical (unpaired) electrons. The molecule has 2 rings (SSSR count). The summed E-state index contributed by atoms with van der Waals surface area (Å²) in [4.78, 5) is 30.9. The molecule has 108 valence electrons. The smallest absolute Gasteiger partial charge is 0.354 e. The van der Waals surface area contributed by atoms with E-state index >= 15 is 0 Å². The van der Waals surface area contributed by atoms with Crippen LogP contribution >= 0.6 is 0 Å². The van der Waals surface area contributed by atoms with Crippen LogP contribution < -0.4 is 0 Å². The molecule has 1 amide bonds. The first-order chi connectivity index (χ1) is 10.1. The predicted octanol–water partition coefficient (Wildman–Crippen LogP) is 1.26. The summed E-state index contributed by atoms with van der Waals surface area (Å²) in [5, 5.41) is 17.7. The van der Waals surface area contributed by atoms with Gasteiger partial charge in [0.1, 0.15) is 5.76 Å². The lowest BCUT2D eigenvalue weighted by molar-refractivity contribution is 0.0663. The van der Waals surface area contributed by atoms with E-state index in [0.717, 1.165) is 6.33 Å². The van der Waals surface area contributed by atoms with Crippen molar-refractivity contribution in [3.8, 4) is 6.07 Å². The van der Waals surface area contributed by atoms with Crippen molar-refractivity contribution < 1.29 is 19.1 Å². The molecule has 8 nitrogen and oxygen atoms in total. The number of carboxylic acids is 1. The van der Waals surface area contributed by atoms with Gasteiger partial charge in [-0.15, -0.1) is 0 Å². The lowest BCUT2D eigenvalue weighted by Crippen LogP contribution is -2.32. The number of aromatic nitrogens is 2. The maximum atomic E-state index is 12.4. The van der Waals surface area contributed by atoms with Crippen molar-refractivity contribution in [2.45, 2.75) is 13.0 Å². The van der Waals surface area contributed by atoms with E-state index in [1.54, 1.807) is 12.1 Å². The lowest BCUT2D eigenvalue weighted by atomic mass is 10.2. The van der Waals surface area contributed by atoms with E-state index in [0.29, 0.717) is 5.76 Å². The predicted molar refractivity (Wildman–Crippen MR) is 69.2 cm³/mol. The highest BCUT2D eigenvalue weighted by molar-refractivity contribution is 6.02. The van der Waals surface area contributed by atoms with Gasteiger partial charge in [0, 0.05) is 6.54 Å². The van der Waals surface area contributed by atoms with E-state index in [9.17, 15) is 9.59 Å². The summed E-state index contributed by atoms with van der Waals surface area (Å²) in [5.41, 5.74) is -0.464. The van der Waals surface area contributed by atoms with Crippen LogP contribution in [0.3, 0.4) is 0 Å². The third kappa shape index (κ3) is 3.27. The number of carbonyl (C=O) groups excluding carboxylic acids is 1. The van der Waals surface area contributed by atoms with Gasteiger partial charge < -0.3 is 19.4 Å². The van der Waals surface area contributed by atoms with Gasteiger partial charge in [0.25, 0.3) is 5.91 Å². The number of nitrogens with one attached hydrogen (secondary N) is 1. The molecule has 0 unspecified atom stereocenters. The van der Waals surface area contributed by atoms with Gasteiger partial charge in [-0.25, -0.2) is 9.78 Å². The number of H-pyrrole nitrogens is 1. The number of aromatic amines is 1. The number of rotatable bonds is 6.